The molecular weight excluding hydrogens is 438 g/mol. The van der Waals surface area contributed by atoms with Crippen LogP contribution in [0.1, 0.15) is 39.5 Å². The molecule has 3 heterocycles. The molecule has 0 fully saturated rings. The molecule has 2 N–H and O–H groups in total. The zero-order chi connectivity index (χ0) is 23.2. The second-order valence-corrected chi connectivity index (χ2v) is 8.29. The van der Waals surface area contributed by atoms with Crippen LogP contribution >= 0.6 is 11.3 Å². The van der Waals surface area contributed by atoms with E-state index in [2.05, 4.69) is 28.6 Å². The van der Waals surface area contributed by atoms with Crippen molar-refractivity contribution < 1.29 is 18.7 Å². The lowest BCUT2D eigenvalue weighted by atomic mass is 9.98. The standard InChI is InChI=1S/C25H25N3O4S/c1-4-16-15-18(25(33-16)28-24(29)20-11-8-14-32-20)22(27-21-12-5-6-13-26-21)17-9-7-10-19(30-2)23(17)31-3/h5-15,22H,4H2,1-3H3,(H,26,27)(H,28,29)/t22-/m0/s1. The number of nitrogens with one attached hydrogen (secondary N) is 2. The third-order valence-corrected chi connectivity index (χ3v) is 6.36. The number of hydrogen-bond acceptors (Lipinski definition) is 7. The lowest BCUT2D eigenvalue weighted by molar-refractivity contribution is 0.0997. The second kappa shape index (κ2) is 10.2. The Bertz CT molecular complexity index is 1210. The molecule has 33 heavy (non-hydrogen) atoms. The number of methoxy groups -OCH3 is 2. The lowest BCUT2D eigenvalue weighted by Gasteiger charge is -2.23. The van der Waals surface area contributed by atoms with E-state index in [1.54, 1.807) is 32.5 Å². The predicted molar refractivity (Wildman–Crippen MR) is 130 cm³/mol. The summed E-state index contributed by atoms with van der Waals surface area (Å²) in [6.45, 7) is 2.08. The van der Waals surface area contributed by atoms with Gasteiger partial charge in [-0.05, 0) is 42.8 Å². The van der Waals surface area contributed by atoms with Gasteiger partial charge < -0.3 is 24.5 Å². The molecule has 0 aliphatic heterocycles. The molecule has 170 valence electrons. The number of furan rings is 1. The maximum absolute atomic E-state index is 12.8. The van der Waals surface area contributed by atoms with Gasteiger partial charge in [-0.1, -0.05) is 25.1 Å². The number of pyridine rings is 1. The number of para-hydroxylation sites is 1. The topological polar surface area (TPSA) is 85.6 Å². The molecule has 4 rings (SSSR count). The normalized spacial score (nSPS) is 11.6. The Morgan fingerprint density at radius 3 is 2.64 bits per heavy atom. The first kappa shape index (κ1) is 22.4. The molecular formula is C25H25N3O4S. The van der Waals surface area contributed by atoms with Crippen LogP contribution in [0.2, 0.25) is 0 Å². The first-order valence-electron chi connectivity index (χ1n) is 10.5. The average molecular weight is 464 g/mol. The van der Waals surface area contributed by atoms with Crippen molar-refractivity contribution in [2.75, 3.05) is 24.9 Å². The number of hydrogen-bond donors (Lipinski definition) is 2. The van der Waals surface area contributed by atoms with Crippen LogP contribution in [-0.4, -0.2) is 25.1 Å². The second-order valence-electron chi connectivity index (χ2n) is 7.16. The van der Waals surface area contributed by atoms with Gasteiger partial charge >= 0.3 is 0 Å². The smallest absolute Gasteiger partial charge is 0.291 e. The minimum absolute atomic E-state index is 0.251. The Hall–Kier alpha value is -3.78. The maximum atomic E-state index is 12.8. The SMILES string of the molecule is CCc1cc([C@@H](Nc2ccccn2)c2cccc(OC)c2OC)c(NC(=O)c2ccco2)s1. The number of rotatable bonds is 9. The van der Waals surface area contributed by atoms with E-state index in [-0.39, 0.29) is 17.7 Å². The molecule has 4 aromatic rings. The van der Waals surface area contributed by atoms with E-state index in [9.17, 15) is 4.79 Å². The Kier molecular flexibility index (Phi) is 6.95. The molecule has 0 radical (unpaired) electrons. The van der Waals surface area contributed by atoms with E-state index in [1.165, 1.54) is 17.6 Å². The zero-order valence-electron chi connectivity index (χ0n) is 18.6. The van der Waals surface area contributed by atoms with Gasteiger partial charge in [0.2, 0.25) is 0 Å². The Morgan fingerprint density at radius 1 is 1.09 bits per heavy atom. The van der Waals surface area contributed by atoms with Crippen molar-refractivity contribution in [3.8, 4) is 11.5 Å². The number of amides is 1. The Labute approximate surface area is 196 Å². The van der Waals surface area contributed by atoms with Gasteiger partial charge in [-0.15, -0.1) is 11.3 Å². The summed E-state index contributed by atoms with van der Waals surface area (Å²) in [6.07, 6.45) is 4.04. The third-order valence-electron chi connectivity index (χ3n) is 5.14. The van der Waals surface area contributed by atoms with Crippen LogP contribution in [0, 0.1) is 0 Å². The number of benzene rings is 1. The highest BCUT2D eigenvalue weighted by molar-refractivity contribution is 7.16. The summed E-state index contributed by atoms with van der Waals surface area (Å²) in [5.41, 5.74) is 1.76. The fourth-order valence-electron chi connectivity index (χ4n) is 3.58. The molecule has 0 bridgehead atoms. The molecule has 0 unspecified atom stereocenters. The summed E-state index contributed by atoms with van der Waals surface area (Å²) in [4.78, 5) is 18.4. The van der Waals surface area contributed by atoms with Crippen molar-refractivity contribution in [3.05, 3.63) is 88.8 Å². The van der Waals surface area contributed by atoms with Gasteiger partial charge in [0.25, 0.3) is 5.91 Å². The zero-order valence-corrected chi connectivity index (χ0v) is 19.4. The Morgan fingerprint density at radius 2 is 1.97 bits per heavy atom. The van der Waals surface area contributed by atoms with E-state index in [1.807, 2.05) is 36.4 Å². The Balaban J connectivity index is 1.83. The number of aromatic nitrogens is 1. The van der Waals surface area contributed by atoms with Crippen molar-refractivity contribution in [2.45, 2.75) is 19.4 Å². The average Bonchev–Trinajstić information content (AvgIpc) is 3.53. The molecule has 7 nitrogen and oxygen atoms in total. The molecule has 1 aromatic carbocycles. The van der Waals surface area contributed by atoms with Crippen LogP contribution in [0.4, 0.5) is 10.8 Å². The predicted octanol–water partition coefficient (Wildman–Crippen LogP) is 5.77. The third kappa shape index (κ3) is 4.85. The number of thiophene rings is 1. The summed E-state index contributed by atoms with van der Waals surface area (Å²) < 4.78 is 16.6. The number of ether oxygens (including phenoxy) is 2. The first-order valence-corrected chi connectivity index (χ1v) is 11.3. The minimum atomic E-state index is -0.367. The number of carbonyl (C=O) groups excluding carboxylic acids is 1. The van der Waals surface area contributed by atoms with E-state index >= 15 is 0 Å². The van der Waals surface area contributed by atoms with Crippen LogP contribution in [-0.2, 0) is 6.42 Å². The monoisotopic (exact) mass is 463 g/mol. The lowest BCUT2D eigenvalue weighted by Crippen LogP contribution is -2.17. The molecule has 0 saturated heterocycles. The molecule has 1 atom stereocenters. The van der Waals surface area contributed by atoms with Crippen molar-refractivity contribution in [1.29, 1.82) is 0 Å². The van der Waals surface area contributed by atoms with Gasteiger partial charge in [0.1, 0.15) is 10.8 Å². The van der Waals surface area contributed by atoms with Crippen LogP contribution in [0.3, 0.4) is 0 Å². The van der Waals surface area contributed by atoms with E-state index in [0.29, 0.717) is 17.3 Å². The van der Waals surface area contributed by atoms with Crippen LogP contribution in [0.5, 0.6) is 11.5 Å². The molecule has 8 heteroatoms. The van der Waals surface area contributed by atoms with Gasteiger partial charge in [0.05, 0.1) is 26.5 Å². The molecule has 0 aliphatic carbocycles. The number of carbonyl (C=O) groups is 1. The van der Waals surface area contributed by atoms with Crippen molar-refractivity contribution in [3.63, 3.8) is 0 Å². The number of nitrogens with zero attached hydrogens (tertiary/aromatic N) is 1. The van der Waals surface area contributed by atoms with Crippen LogP contribution < -0.4 is 20.1 Å². The maximum Gasteiger partial charge on any atom is 0.291 e. The van der Waals surface area contributed by atoms with Gasteiger partial charge in [-0.25, -0.2) is 4.98 Å². The largest absolute Gasteiger partial charge is 0.493 e. The highest BCUT2D eigenvalue weighted by Crippen LogP contribution is 2.43. The fraction of sp³-hybridized carbons (Fsp3) is 0.200. The van der Waals surface area contributed by atoms with Gasteiger partial charge in [-0.3, -0.25) is 4.79 Å². The van der Waals surface area contributed by atoms with E-state index in [4.69, 9.17) is 13.9 Å². The van der Waals surface area contributed by atoms with Crippen LogP contribution in [0.15, 0.2) is 71.5 Å². The molecule has 3 aromatic heterocycles. The first-order chi connectivity index (χ1) is 16.1. The fourth-order valence-corrected chi connectivity index (χ4v) is 4.61. The quantitative estimate of drug-likeness (QED) is 0.328. The van der Waals surface area contributed by atoms with Crippen LogP contribution in [0.25, 0.3) is 0 Å². The van der Waals surface area contributed by atoms with Gasteiger partial charge in [-0.2, -0.15) is 0 Å². The summed E-state index contributed by atoms with van der Waals surface area (Å²) >= 11 is 1.54. The molecule has 0 saturated carbocycles. The van der Waals surface area contributed by atoms with Crippen molar-refractivity contribution >= 4 is 28.1 Å². The summed E-state index contributed by atoms with van der Waals surface area (Å²) in [6, 6.07) is 16.5. The molecule has 1 amide bonds. The van der Waals surface area contributed by atoms with Crippen molar-refractivity contribution in [2.24, 2.45) is 0 Å². The summed E-state index contributed by atoms with van der Waals surface area (Å²) in [7, 11) is 3.22. The number of anilines is 2. The van der Waals surface area contributed by atoms with E-state index in [0.717, 1.165) is 27.4 Å². The summed E-state index contributed by atoms with van der Waals surface area (Å²) in [5, 5.41) is 7.26. The van der Waals surface area contributed by atoms with Crippen molar-refractivity contribution in [1.82, 2.24) is 4.98 Å². The molecule has 0 spiro atoms. The van der Waals surface area contributed by atoms with Gasteiger partial charge in [0, 0.05) is 22.2 Å². The highest BCUT2D eigenvalue weighted by atomic mass is 32.1. The minimum Gasteiger partial charge on any atom is -0.493 e. The molecule has 0 aliphatic rings. The highest BCUT2D eigenvalue weighted by Gasteiger charge is 2.27. The number of aryl methyl sites for hydroxylation is 1. The van der Waals surface area contributed by atoms with Gasteiger partial charge in [0.15, 0.2) is 17.3 Å². The van der Waals surface area contributed by atoms with E-state index < -0.39 is 0 Å². The summed E-state index contributed by atoms with van der Waals surface area (Å²) in [5.74, 6) is 1.87.